The maximum atomic E-state index is 11.4. The first-order chi connectivity index (χ1) is 16.3. The van der Waals surface area contributed by atoms with Crippen LogP contribution in [-0.2, 0) is 33.3 Å². The maximum absolute atomic E-state index is 11.4. The van der Waals surface area contributed by atoms with E-state index in [2.05, 4.69) is 4.74 Å². The van der Waals surface area contributed by atoms with Crippen molar-refractivity contribution in [2.24, 2.45) is 0 Å². The lowest BCUT2D eigenvalue weighted by atomic mass is 9.96. The Balaban J connectivity index is 1.86. The van der Waals surface area contributed by atoms with Crippen LogP contribution >= 0.6 is 0 Å². The fourth-order valence-electron chi connectivity index (χ4n) is 3.91. The molecule has 3 aliphatic rings. The summed E-state index contributed by atoms with van der Waals surface area (Å²) >= 11 is 0. The topological polar surface area (TPSA) is 288 Å². The van der Waals surface area contributed by atoms with Gasteiger partial charge in [0.2, 0.25) is 0 Å². The van der Waals surface area contributed by atoms with Crippen LogP contribution in [0.1, 0.15) is 6.92 Å². The molecule has 17 heteroatoms. The Kier molecular flexibility index (Phi) is 8.65. The average molecular weight is 514 g/mol. The number of carboxylic acid groups (broad SMARTS) is 2. The molecule has 3 aliphatic heterocycles. The normalized spacial score (nSPS) is 51.1. The molecule has 3 fully saturated rings. The van der Waals surface area contributed by atoms with Crippen LogP contribution in [0, 0.1) is 0 Å². The van der Waals surface area contributed by atoms with Gasteiger partial charge in [0.05, 0.1) is 18.0 Å². The van der Waals surface area contributed by atoms with E-state index in [0.717, 1.165) is 0 Å². The zero-order chi connectivity index (χ0) is 26.4. The van der Waals surface area contributed by atoms with Crippen LogP contribution in [0.3, 0.4) is 0 Å². The monoisotopic (exact) mass is 514 g/mol. The summed E-state index contributed by atoms with van der Waals surface area (Å²) in [6, 6.07) is 0. The van der Waals surface area contributed by atoms with E-state index >= 15 is 0 Å². The summed E-state index contributed by atoms with van der Waals surface area (Å²) in [6.45, 7) is 1.27. The molecule has 0 spiro atoms. The zero-order valence-electron chi connectivity index (χ0n) is 17.9. The Morgan fingerprint density at radius 3 is 1.71 bits per heavy atom. The molecule has 0 radical (unpaired) electrons. The molecule has 3 rings (SSSR count). The van der Waals surface area contributed by atoms with E-state index < -0.39 is 104 Å². The fourth-order valence-corrected chi connectivity index (χ4v) is 3.91. The van der Waals surface area contributed by atoms with Crippen molar-refractivity contribution in [1.29, 1.82) is 0 Å². The maximum Gasteiger partial charge on any atom is 0.187 e. The number of aliphatic hydroxyl groups is 8. The number of carbonyl (C=O) groups excluding carboxylic acids is 2. The highest BCUT2D eigenvalue weighted by atomic mass is 16.8. The Bertz CT molecular complexity index is 765. The number of aliphatic carboxylic acids is 2. The molecule has 8 N–H and O–H groups in total. The van der Waals surface area contributed by atoms with Crippen LogP contribution in [0.15, 0.2) is 0 Å². The number of carboxylic acids is 2. The van der Waals surface area contributed by atoms with Gasteiger partial charge in [-0.25, -0.2) is 0 Å². The van der Waals surface area contributed by atoms with Crippen molar-refractivity contribution in [1.82, 2.24) is 0 Å². The quantitative estimate of drug-likeness (QED) is 0.163. The summed E-state index contributed by atoms with van der Waals surface area (Å²) in [4.78, 5) is 22.6. The van der Waals surface area contributed by atoms with Gasteiger partial charge in [-0.3, -0.25) is 0 Å². The summed E-state index contributed by atoms with van der Waals surface area (Å²) < 4.78 is 25.6. The highest BCUT2D eigenvalue weighted by Crippen LogP contribution is 2.32. The first-order valence-electron chi connectivity index (χ1n) is 10.4. The van der Waals surface area contributed by atoms with Crippen molar-refractivity contribution in [2.45, 2.75) is 99.0 Å². The van der Waals surface area contributed by atoms with Gasteiger partial charge in [-0.15, -0.1) is 0 Å². The van der Waals surface area contributed by atoms with Gasteiger partial charge in [-0.1, -0.05) is 0 Å². The second-order valence-corrected chi connectivity index (χ2v) is 8.36. The minimum Gasteiger partial charge on any atom is -0.547 e. The minimum atomic E-state index is -2.18. The number of carbonyl (C=O) groups is 2. The SMILES string of the molecule is C[C@@H]1O[C@@H](O[C@@H]2[C@H](O)[C@@H](O)[C@@H](O)O[C@@H]2C(=O)[O-])[C@H](O[C@H]2O[C@H](C(=O)[O-])[C@H](O)[C@H](O)[C@H]2O)[C@H](O)[C@H]1O. The molecule has 0 unspecified atom stereocenters. The predicted octanol–water partition coefficient (Wildman–Crippen LogP) is -9.03. The molecular formula is C18H26O17-2. The van der Waals surface area contributed by atoms with Gasteiger partial charge >= 0.3 is 0 Å². The highest BCUT2D eigenvalue weighted by molar-refractivity contribution is 5.71. The Morgan fingerprint density at radius 2 is 1.14 bits per heavy atom. The largest absolute Gasteiger partial charge is 0.547 e. The average Bonchev–Trinajstić information content (AvgIpc) is 2.79. The molecule has 0 aliphatic carbocycles. The molecule has 0 aromatic heterocycles. The smallest absolute Gasteiger partial charge is 0.187 e. The highest BCUT2D eigenvalue weighted by Gasteiger charge is 2.53. The Labute approximate surface area is 196 Å². The molecule has 3 heterocycles. The molecule has 35 heavy (non-hydrogen) atoms. The van der Waals surface area contributed by atoms with Crippen molar-refractivity contribution in [3.63, 3.8) is 0 Å². The molecule has 17 nitrogen and oxygen atoms in total. The predicted molar refractivity (Wildman–Crippen MR) is 95.7 cm³/mol. The standard InChI is InChI=1S/C18H28O17/c1-2-3(19)5(21)12(35-17-9(25)4(20)6(22)11(34-17)14(26)27)18(31-2)33-10-7(23)8(24)16(30)32-13(10)15(28)29/h2-13,16-25,30H,1H3,(H,26,27)(H,28,29)/p-2/t2-,3-,4-,5+,6+,7+,8+,9+,10+,11-,12+,13-,16-,17+,18-/m0/s1. The molecule has 0 saturated carbocycles. The minimum absolute atomic E-state index is 1.20. The lowest BCUT2D eigenvalue weighted by molar-refractivity contribution is -0.393. The lowest BCUT2D eigenvalue weighted by Gasteiger charge is -2.48. The van der Waals surface area contributed by atoms with Gasteiger partial charge < -0.3 is 84.3 Å². The van der Waals surface area contributed by atoms with E-state index in [-0.39, 0.29) is 0 Å². The second-order valence-electron chi connectivity index (χ2n) is 8.36. The number of rotatable bonds is 6. The second kappa shape index (κ2) is 10.8. The van der Waals surface area contributed by atoms with Crippen LogP contribution in [-0.4, -0.2) is 145 Å². The summed E-state index contributed by atoms with van der Waals surface area (Å²) in [6.07, 6.45) is -29.6. The van der Waals surface area contributed by atoms with E-state index in [1.165, 1.54) is 6.92 Å². The Morgan fingerprint density at radius 1 is 0.600 bits per heavy atom. The number of aliphatic hydroxyl groups excluding tert-OH is 8. The van der Waals surface area contributed by atoms with Crippen molar-refractivity contribution in [3.05, 3.63) is 0 Å². The molecule has 3 saturated heterocycles. The van der Waals surface area contributed by atoms with Crippen LogP contribution < -0.4 is 10.2 Å². The number of ether oxygens (including phenoxy) is 5. The lowest BCUT2D eigenvalue weighted by Crippen LogP contribution is -2.68. The molecule has 0 aromatic rings. The van der Waals surface area contributed by atoms with E-state index in [1.54, 1.807) is 0 Å². The molecular weight excluding hydrogens is 488 g/mol. The van der Waals surface area contributed by atoms with Gasteiger partial charge in [-0.05, 0) is 6.92 Å². The van der Waals surface area contributed by atoms with Gasteiger partial charge in [0.15, 0.2) is 18.9 Å². The summed E-state index contributed by atoms with van der Waals surface area (Å²) in [7, 11) is 0. The third kappa shape index (κ3) is 5.42. The first-order valence-corrected chi connectivity index (χ1v) is 10.4. The summed E-state index contributed by atoms with van der Waals surface area (Å²) in [5.74, 6) is -3.95. The van der Waals surface area contributed by atoms with Crippen molar-refractivity contribution >= 4 is 11.9 Å². The van der Waals surface area contributed by atoms with Gasteiger partial charge in [-0.2, -0.15) is 0 Å². The van der Waals surface area contributed by atoms with Gasteiger partial charge in [0.25, 0.3) is 0 Å². The molecule has 202 valence electrons. The van der Waals surface area contributed by atoms with Crippen molar-refractivity contribution in [3.8, 4) is 0 Å². The molecule has 15 atom stereocenters. The third-order valence-corrected chi connectivity index (χ3v) is 5.96. The molecule has 0 bridgehead atoms. The van der Waals surface area contributed by atoms with Crippen LogP contribution in [0.5, 0.6) is 0 Å². The van der Waals surface area contributed by atoms with E-state index in [0.29, 0.717) is 0 Å². The number of hydrogen-bond acceptors (Lipinski definition) is 17. The van der Waals surface area contributed by atoms with Gasteiger partial charge in [0, 0.05) is 0 Å². The van der Waals surface area contributed by atoms with E-state index in [1.807, 2.05) is 0 Å². The van der Waals surface area contributed by atoms with Crippen LogP contribution in [0.4, 0.5) is 0 Å². The Hall–Kier alpha value is -1.58. The molecule has 0 aromatic carbocycles. The van der Waals surface area contributed by atoms with Gasteiger partial charge in [0.1, 0.15) is 67.1 Å². The first kappa shape index (κ1) is 28.0. The van der Waals surface area contributed by atoms with E-state index in [4.69, 9.17) is 18.9 Å². The third-order valence-electron chi connectivity index (χ3n) is 5.96. The number of hydrogen-bond donors (Lipinski definition) is 8. The van der Waals surface area contributed by atoms with E-state index in [9.17, 15) is 60.7 Å². The molecule has 0 amide bonds. The fraction of sp³-hybridized carbons (Fsp3) is 0.889. The zero-order valence-corrected chi connectivity index (χ0v) is 17.9. The summed E-state index contributed by atoms with van der Waals surface area (Å²) in [5, 5.41) is 103. The van der Waals surface area contributed by atoms with Crippen molar-refractivity contribution in [2.75, 3.05) is 0 Å². The van der Waals surface area contributed by atoms with Crippen LogP contribution in [0.25, 0.3) is 0 Å². The van der Waals surface area contributed by atoms with Crippen molar-refractivity contribution < 1.29 is 84.3 Å². The van der Waals surface area contributed by atoms with Crippen LogP contribution in [0.2, 0.25) is 0 Å². The summed E-state index contributed by atoms with van der Waals surface area (Å²) in [5.41, 5.74) is 0.